The summed E-state index contributed by atoms with van der Waals surface area (Å²) in [5, 5.41) is 0. The fourth-order valence-electron chi connectivity index (χ4n) is 4.11. The van der Waals surface area contributed by atoms with Crippen LogP contribution in [0.5, 0.6) is 0 Å². The SMILES string of the molecule is CCCCCCCC[n+]1ccc(SCCCCSc2cc[n+](CCCCCCCC)cc2)cc1.[Br-].[Br-]. The molecule has 0 fully saturated rings. The van der Waals surface area contributed by atoms with E-state index in [0.717, 1.165) is 13.1 Å². The van der Waals surface area contributed by atoms with Gasteiger partial charge in [0.05, 0.1) is 0 Å². The number of unbranched alkanes of at least 4 members (excludes halogenated alkanes) is 11. The normalized spacial score (nSPS) is 10.6. The number of aryl methyl sites for hydroxylation is 2. The summed E-state index contributed by atoms with van der Waals surface area (Å²) in [7, 11) is 0. The molecule has 0 amide bonds. The molecule has 0 aromatic carbocycles. The number of rotatable bonds is 21. The van der Waals surface area contributed by atoms with Gasteiger partial charge in [0.2, 0.25) is 0 Å². The summed E-state index contributed by atoms with van der Waals surface area (Å²) < 4.78 is 4.69. The van der Waals surface area contributed by atoms with E-state index in [0.29, 0.717) is 0 Å². The van der Waals surface area contributed by atoms with Crippen LogP contribution in [-0.4, -0.2) is 11.5 Å². The van der Waals surface area contributed by atoms with E-state index in [1.165, 1.54) is 111 Å². The van der Waals surface area contributed by atoms with Gasteiger partial charge < -0.3 is 34.0 Å². The van der Waals surface area contributed by atoms with Crippen LogP contribution in [0.1, 0.15) is 104 Å². The van der Waals surface area contributed by atoms with E-state index in [4.69, 9.17) is 0 Å². The van der Waals surface area contributed by atoms with Gasteiger partial charge in [0.15, 0.2) is 24.8 Å². The van der Waals surface area contributed by atoms with Crippen LogP contribution in [-0.2, 0) is 13.1 Å². The molecule has 0 saturated heterocycles. The number of hydrogen-bond acceptors (Lipinski definition) is 2. The van der Waals surface area contributed by atoms with Crippen molar-refractivity contribution >= 4 is 23.5 Å². The van der Waals surface area contributed by atoms with E-state index >= 15 is 0 Å². The molecule has 0 unspecified atom stereocenters. The third-order valence-electron chi connectivity index (χ3n) is 6.34. The largest absolute Gasteiger partial charge is 1.00 e. The highest BCUT2D eigenvalue weighted by molar-refractivity contribution is 7.99. The van der Waals surface area contributed by atoms with Crippen molar-refractivity contribution in [3.63, 3.8) is 0 Å². The molecule has 0 spiro atoms. The number of halogens is 2. The molecule has 0 aliphatic rings. The summed E-state index contributed by atoms with van der Waals surface area (Å²) in [6.07, 6.45) is 28.0. The van der Waals surface area contributed by atoms with E-state index in [1.807, 2.05) is 23.5 Å². The Morgan fingerprint density at radius 1 is 0.472 bits per heavy atom. The third-order valence-corrected chi connectivity index (χ3v) is 8.53. The van der Waals surface area contributed by atoms with Gasteiger partial charge in [0.25, 0.3) is 0 Å². The molecule has 0 saturated carbocycles. The monoisotopic (exact) mass is 660 g/mol. The lowest BCUT2D eigenvalue weighted by Gasteiger charge is -2.03. The molecule has 0 aliphatic carbocycles. The Kier molecular flexibility index (Phi) is 25.2. The fourth-order valence-corrected chi connectivity index (χ4v) is 5.91. The van der Waals surface area contributed by atoms with Crippen molar-refractivity contribution in [2.75, 3.05) is 11.5 Å². The molecule has 2 nitrogen and oxygen atoms in total. The maximum atomic E-state index is 2.34. The molecule has 0 atom stereocenters. The van der Waals surface area contributed by atoms with E-state index in [1.54, 1.807) is 0 Å². The first-order valence-electron chi connectivity index (χ1n) is 14.1. The Hall–Kier alpha value is -0.0400. The zero-order chi connectivity index (χ0) is 24.1. The number of pyridine rings is 2. The first-order valence-corrected chi connectivity index (χ1v) is 16.0. The van der Waals surface area contributed by atoms with Crippen molar-refractivity contribution in [2.24, 2.45) is 0 Å². The standard InChI is InChI=1S/C30H50N2S2.2BrH/c1-3-5-7-9-11-13-21-31-23-17-29(18-24-31)33-27-15-16-28-34-30-19-25-32(26-20-30)22-14-12-10-8-6-4-2;;/h17-20,23-26H,3-16,21-22,27-28H2,1-2H3;2*1H/q+2;;/p-2. The second-order valence-corrected chi connectivity index (χ2v) is 11.8. The maximum Gasteiger partial charge on any atom is 0.169 e. The summed E-state index contributed by atoms with van der Waals surface area (Å²) in [4.78, 5) is 2.81. The summed E-state index contributed by atoms with van der Waals surface area (Å²) >= 11 is 4.00. The van der Waals surface area contributed by atoms with Crippen LogP contribution >= 0.6 is 23.5 Å². The minimum absolute atomic E-state index is 0. The summed E-state index contributed by atoms with van der Waals surface area (Å²) in [6.45, 7) is 6.88. The smallest absolute Gasteiger partial charge is 0.169 e. The van der Waals surface area contributed by atoms with Gasteiger partial charge in [-0.15, -0.1) is 23.5 Å². The number of nitrogens with zero attached hydrogens (tertiary/aromatic N) is 2. The second-order valence-electron chi connectivity index (χ2n) is 9.48. The van der Waals surface area contributed by atoms with Crippen molar-refractivity contribution < 1.29 is 43.1 Å². The highest BCUT2D eigenvalue weighted by atomic mass is 79.9. The molecule has 36 heavy (non-hydrogen) atoms. The molecule has 0 aliphatic heterocycles. The van der Waals surface area contributed by atoms with Gasteiger partial charge in [0.1, 0.15) is 13.1 Å². The molecular weight excluding hydrogens is 612 g/mol. The highest BCUT2D eigenvalue weighted by Gasteiger charge is 2.04. The van der Waals surface area contributed by atoms with Crippen molar-refractivity contribution in [2.45, 2.75) is 127 Å². The quantitative estimate of drug-likeness (QED) is 0.116. The van der Waals surface area contributed by atoms with E-state index in [2.05, 4.69) is 72.0 Å². The Balaban J connectivity index is 0.00000612. The zero-order valence-electron chi connectivity index (χ0n) is 22.8. The molecule has 2 rings (SSSR count). The Bertz CT molecular complexity index is 663. The first-order chi connectivity index (χ1) is 16.8. The van der Waals surface area contributed by atoms with Crippen LogP contribution in [0.15, 0.2) is 58.8 Å². The minimum atomic E-state index is 0. The lowest BCUT2D eigenvalue weighted by atomic mass is 10.1. The van der Waals surface area contributed by atoms with Crippen LogP contribution in [0, 0.1) is 0 Å². The molecule has 6 heteroatoms. The molecule has 0 N–H and O–H groups in total. The maximum absolute atomic E-state index is 2.34. The van der Waals surface area contributed by atoms with Gasteiger partial charge in [-0.05, 0) is 37.2 Å². The van der Waals surface area contributed by atoms with E-state index < -0.39 is 0 Å². The summed E-state index contributed by atoms with van der Waals surface area (Å²) in [5.41, 5.74) is 0. The van der Waals surface area contributed by atoms with Crippen LogP contribution in [0.25, 0.3) is 0 Å². The van der Waals surface area contributed by atoms with Crippen molar-refractivity contribution in [3.8, 4) is 0 Å². The van der Waals surface area contributed by atoms with Gasteiger partial charge in [-0.25, -0.2) is 9.13 Å². The molecule has 0 bridgehead atoms. The predicted molar refractivity (Wildman–Crippen MR) is 151 cm³/mol. The summed E-state index contributed by atoms with van der Waals surface area (Å²) in [5.74, 6) is 2.43. The Morgan fingerprint density at radius 3 is 1.17 bits per heavy atom. The molecule has 2 heterocycles. The Morgan fingerprint density at radius 2 is 0.806 bits per heavy atom. The third kappa shape index (κ3) is 18.3. The van der Waals surface area contributed by atoms with Crippen molar-refractivity contribution in [1.82, 2.24) is 0 Å². The lowest BCUT2D eigenvalue weighted by molar-refractivity contribution is -0.697. The lowest BCUT2D eigenvalue weighted by Crippen LogP contribution is -3.00. The fraction of sp³-hybridized carbons (Fsp3) is 0.667. The van der Waals surface area contributed by atoms with Crippen LogP contribution < -0.4 is 43.1 Å². The molecule has 206 valence electrons. The van der Waals surface area contributed by atoms with Gasteiger partial charge in [-0.2, -0.15) is 0 Å². The highest BCUT2D eigenvalue weighted by Crippen LogP contribution is 2.21. The van der Waals surface area contributed by atoms with Gasteiger partial charge in [-0.1, -0.05) is 65.2 Å². The summed E-state index contributed by atoms with van der Waals surface area (Å²) in [6, 6.07) is 9.17. The van der Waals surface area contributed by atoms with Crippen LogP contribution in [0.3, 0.4) is 0 Å². The zero-order valence-corrected chi connectivity index (χ0v) is 27.6. The number of aromatic nitrogens is 2. The molecule has 2 aromatic heterocycles. The van der Waals surface area contributed by atoms with Gasteiger partial charge in [0, 0.05) is 46.9 Å². The molecule has 0 radical (unpaired) electrons. The van der Waals surface area contributed by atoms with Crippen molar-refractivity contribution in [3.05, 3.63) is 49.1 Å². The number of hydrogen-bond donors (Lipinski definition) is 0. The molecule has 2 aromatic rings. The average molecular weight is 663 g/mol. The van der Waals surface area contributed by atoms with Gasteiger partial charge >= 0.3 is 0 Å². The van der Waals surface area contributed by atoms with Crippen LogP contribution in [0.4, 0.5) is 0 Å². The molecular formula is C30H50Br2N2S2. The van der Waals surface area contributed by atoms with Crippen molar-refractivity contribution in [1.29, 1.82) is 0 Å². The Labute approximate surface area is 252 Å². The first kappa shape index (κ1) is 36.0. The van der Waals surface area contributed by atoms with E-state index in [-0.39, 0.29) is 34.0 Å². The average Bonchev–Trinajstić information content (AvgIpc) is 2.87. The topological polar surface area (TPSA) is 7.76 Å². The second kappa shape index (κ2) is 25.2. The predicted octanol–water partition coefficient (Wildman–Crippen LogP) is 2.66. The van der Waals surface area contributed by atoms with Crippen LogP contribution in [0.2, 0.25) is 0 Å². The van der Waals surface area contributed by atoms with E-state index in [9.17, 15) is 0 Å². The van der Waals surface area contributed by atoms with Gasteiger partial charge in [-0.3, -0.25) is 0 Å². The minimum Gasteiger partial charge on any atom is -1.00 e. The number of thioether (sulfide) groups is 2.